The maximum absolute atomic E-state index is 5.71. The third-order valence-corrected chi connectivity index (χ3v) is 2.37. The predicted octanol–water partition coefficient (Wildman–Crippen LogP) is 3.50. The van der Waals surface area contributed by atoms with E-state index in [0.717, 1.165) is 11.5 Å². The highest BCUT2D eigenvalue weighted by atomic mass is 16.3. The second kappa shape index (κ2) is 2.65. The number of furan rings is 1. The summed E-state index contributed by atoms with van der Waals surface area (Å²) >= 11 is 0. The van der Waals surface area contributed by atoms with Gasteiger partial charge in [-0.2, -0.15) is 0 Å². The normalized spacial score (nSPS) is 12.2. The van der Waals surface area contributed by atoms with Gasteiger partial charge >= 0.3 is 0 Å². The Hall–Kier alpha value is -0.720. The second-order valence-corrected chi connectivity index (χ2v) is 4.49. The maximum Gasteiger partial charge on any atom is 0.112 e. The molecule has 0 aromatic carbocycles. The Morgan fingerprint density at radius 1 is 0.917 bits per heavy atom. The molecule has 0 fully saturated rings. The standard InChI is InChI=1S/C11H18O/c1-7-8(2)10(11(4,5)6)12-9(7)3/h1-6H3. The van der Waals surface area contributed by atoms with Crippen LogP contribution in [0.3, 0.4) is 0 Å². The van der Waals surface area contributed by atoms with Crippen LogP contribution >= 0.6 is 0 Å². The number of rotatable bonds is 0. The van der Waals surface area contributed by atoms with Crippen molar-refractivity contribution in [2.75, 3.05) is 0 Å². The van der Waals surface area contributed by atoms with Crippen LogP contribution in [0.15, 0.2) is 4.42 Å². The fourth-order valence-corrected chi connectivity index (χ4v) is 1.46. The van der Waals surface area contributed by atoms with E-state index in [9.17, 15) is 0 Å². The average molecular weight is 166 g/mol. The van der Waals surface area contributed by atoms with Crippen LogP contribution in [0, 0.1) is 20.8 Å². The minimum Gasteiger partial charge on any atom is -0.465 e. The lowest BCUT2D eigenvalue weighted by Gasteiger charge is -2.16. The quantitative estimate of drug-likeness (QED) is 0.575. The molecule has 1 heteroatoms. The van der Waals surface area contributed by atoms with Crippen LogP contribution in [0.5, 0.6) is 0 Å². The summed E-state index contributed by atoms with van der Waals surface area (Å²) in [6.07, 6.45) is 0. The first-order chi connectivity index (χ1) is 5.34. The summed E-state index contributed by atoms with van der Waals surface area (Å²) in [5, 5.41) is 0. The Balaban J connectivity index is 3.28. The zero-order valence-corrected chi connectivity index (χ0v) is 8.91. The van der Waals surface area contributed by atoms with Gasteiger partial charge < -0.3 is 4.42 Å². The van der Waals surface area contributed by atoms with Gasteiger partial charge in [0.15, 0.2) is 0 Å². The van der Waals surface area contributed by atoms with E-state index in [-0.39, 0.29) is 5.41 Å². The van der Waals surface area contributed by atoms with E-state index < -0.39 is 0 Å². The van der Waals surface area contributed by atoms with Crippen molar-refractivity contribution in [1.29, 1.82) is 0 Å². The molecule has 0 spiro atoms. The molecule has 0 N–H and O–H groups in total. The molecule has 68 valence electrons. The lowest BCUT2D eigenvalue weighted by Crippen LogP contribution is -2.11. The van der Waals surface area contributed by atoms with Gasteiger partial charge in [0, 0.05) is 5.41 Å². The van der Waals surface area contributed by atoms with Gasteiger partial charge in [0.05, 0.1) is 0 Å². The molecule has 1 rings (SSSR count). The molecule has 0 saturated heterocycles. The molecular weight excluding hydrogens is 148 g/mol. The molecule has 0 aliphatic rings. The van der Waals surface area contributed by atoms with Gasteiger partial charge in [-0.05, 0) is 31.9 Å². The first-order valence-electron chi connectivity index (χ1n) is 4.41. The van der Waals surface area contributed by atoms with Crippen LogP contribution in [-0.2, 0) is 5.41 Å². The smallest absolute Gasteiger partial charge is 0.112 e. The Labute approximate surface area is 74.8 Å². The molecule has 12 heavy (non-hydrogen) atoms. The van der Waals surface area contributed by atoms with Crippen molar-refractivity contribution < 1.29 is 4.42 Å². The monoisotopic (exact) mass is 166 g/mol. The minimum atomic E-state index is 0.128. The predicted molar refractivity (Wildman–Crippen MR) is 51.6 cm³/mol. The highest BCUT2D eigenvalue weighted by Crippen LogP contribution is 2.30. The third kappa shape index (κ3) is 1.40. The van der Waals surface area contributed by atoms with E-state index in [4.69, 9.17) is 4.42 Å². The van der Waals surface area contributed by atoms with E-state index >= 15 is 0 Å². The molecule has 0 atom stereocenters. The van der Waals surface area contributed by atoms with Gasteiger partial charge in [0.25, 0.3) is 0 Å². The molecular formula is C11H18O. The molecule has 1 heterocycles. The molecule has 0 aliphatic carbocycles. The zero-order chi connectivity index (χ0) is 9.52. The molecule has 0 unspecified atom stereocenters. The van der Waals surface area contributed by atoms with Crippen LogP contribution in [-0.4, -0.2) is 0 Å². The van der Waals surface area contributed by atoms with Crippen LogP contribution in [0.2, 0.25) is 0 Å². The van der Waals surface area contributed by atoms with E-state index in [1.165, 1.54) is 11.1 Å². The Bertz CT molecular complexity index is 287. The first kappa shape index (κ1) is 9.37. The van der Waals surface area contributed by atoms with Crippen molar-refractivity contribution >= 4 is 0 Å². The lowest BCUT2D eigenvalue weighted by atomic mass is 9.90. The van der Waals surface area contributed by atoms with Crippen LogP contribution in [0.25, 0.3) is 0 Å². The van der Waals surface area contributed by atoms with Crippen LogP contribution in [0.4, 0.5) is 0 Å². The maximum atomic E-state index is 5.71. The molecule has 0 bridgehead atoms. The van der Waals surface area contributed by atoms with Crippen molar-refractivity contribution in [2.24, 2.45) is 0 Å². The van der Waals surface area contributed by atoms with Crippen molar-refractivity contribution in [2.45, 2.75) is 47.0 Å². The fourth-order valence-electron chi connectivity index (χ4n) is 1.46. The summed E-state index contributed by atoms with van der Waals surface area (Å²) in [5.41, 5.74) is 2.73. The molecule has 0 radical (unpaired) electrons. The molecule has 0 saturated carbocycles. The van der Waals surface area contributed by atoms with Gasteiger partial charge in [-0.1, -0.05) is 20.8 Å². The van der Waals surface area contributed by atoms with E-state index in [2.05, 4.69) is 34.6 Å². The number of hydrogen-bond donors (Lipinski definition) is 0. The summed E-state index contributed by atoms with van der Waals surface area (Å²) in [7, 11) is 0. The zero-order valence-electron chi connectivity index (χ0n) is 8.91. The van der Waals surface area contributed by atoms with Gasteiger partial charge in [-0.15, -0.1) is 0 Å². The highest BCUT2D eigenvalue weighted by molar-refractivity contribution is 5.33. The van der Waals surface area contributed by atoms with Crippen molar-refractivity contribution in [3.05, 3.63) is 22.6 Å². The van der Waals surface area contributed by atoms with Gasteiger partial charge in [-0.3, -0.25) is 0 Å². The number of aryl methyl sites for hydroxylation is 1. The van der Waals surface area contributed by atoms with Gasteiger partial charge in [-0.25, -0.2) is 0 Å². The van der Waals surface area contributed by atoms with Crippen molar-refractivity contribution in [3.63, 3.8) is 0 Å². The largest absolute Gasteiger partial charge is 0.465 e. The van der Waals surface area contributed by atoms with Crippen molar-refractivity contribution in [1.82, 2.24) is 0 Å². The van der Waals surface area contributed by atoms with Gasteiger partial charge in [0.1, 0.15) is 11.5 Å². The third-order valence-electron chi connectivity index (χ3n) is 2.37. The van der Waals surface area contributed by atoms with Gasteiger partial charge in [0.2, 0.25) is 0 Å². The summed E-state index contributed by atoms with van der Waals surface area (Å²) < 4.78 is 5.71. The SMILES string of the molecule is Cc1oc(C(C)(C)C)c(C)c1C. The lowest BCUT2D eigenvalue weighted by molar-refractivity contribution is 0.392. The summed E-state index contributed by atoms with van der Waals surface area (Å²) in [6.45, 7) is 12.8. The topological polar surface area (TPSA) is 13.1 Å². The molecule has 1 aromatic rings. The van der Waals surface area contributed by atoms with E-state index in [0.29, 0.717) is 0 Å². The Morgan fingerprint density at radius 2 is 1.42 bits per heavy atom. The molecule has 0 aliphatic heterocycles. The minimum absolute atomic E-state index is 0.128. The van der Waals surface area contributed by atoms with Crippen LogP contribution < -0.4 is 0 Å². The summed E-state index contributed by atoms with van der Waals surface area (Å²) in [4.78, 5) is 0. The average Bonchev–Trinajstić information content (AvgIpc) is 2.15. The molecule has 0 amide bonds. The van der Waals surface area contributed by atoms with Crippen molar-refractivity contribution in [3.8, 4) is 0 Å². The summed E-state index contributed by atoms with van der Waals surface area (Å²) in [6, 6.07) is 0. The highest BCUT2D eigenvalue weighted by Gasteiger charge is 2.22. The number of hydrogen-bond acceptors (Lipinski definition) is 1. The van der Waals surface area contributed by atoms with E-state index in [1.807, 2.05) is 6.92 Å². The molecule has 1 aromatic heterocycles. The van der Waals surface area contributed by atoms with Crippen LogP contribution in [0.1, 0.15) is 43.4 Å². The first-order valence-corrected chi connectivity index (χ1v) is 4.41. The Kier molecular flexibility index (Phi) is 2.07. The Morgan fingerprint density at radius 3 is 1.58 bits per heavy atom. The summed E-state index contributed by atoms with van der Waals surface area (Å²) in [5.74, 6) is 2.18. The molecule has 1 nitrogen and oxygen atoms in total. The van der Waals surface area contributed by atoms with E-state index in [1.54, 1.807) is 0 Å². The second-order valence-electron chi connectivity index (χ2n) is 4.49. The fraction of sp³-hybridized carbons (Fsp3) is 0.636.